The predicted molar refractivity (Wildman–Crippen MR) is 93.0 cm³/mol. The number of rotatable bonds is 14. The third-order valence-corrected chi connectivity index (χ3v) is 4.03. The van der Waals surface area contributed by atoms with Gasteiger partial charge >= 0.3 is 0 Å². The molecule has 0 bridgehead atoms. The lowest BCUT2D eigenvalue weighted by Crippen LogP contribution is -2.68. The van der Waals surface area contributed by atoms with Gasteiger partial charge in [-0.05, 0) is 12.5 Å². The average Bonchev–Trinajstić information content (AvgIpc) is 2.61. The van der Waals surface area contributed by atoms with E-state index < -0.39 is 16.2 Å². The molecule has 28 heavy (non-hydrogen) atoms. The fourth-order valence-electron chi connectivity index (χ4n) is 2.61. The van der Waals surface area contributed by atoms with Crippen molar-refractivity contribution >= 4 is 5.91 Å². The van der Waals surface area contributed by atoms with Gasteiger partial charge in [0.05, 0.1) is 6.61 Å². The molecular formula is C19H33ClN2O6. The maximum atomic E-state index is 11.1. The Morgan fingerprint density at radius 2 is 1.50 bits per heavy atom. The Morgan fingerprint density at radius 1 is 1.00 bits per heavy atom. The number of carbonyl (C=O) groups excluding carboxylic acids is 1. The van der Waals surface area contributed by atoms with Gasteiger partial charge in [0, 0.05) is 6.07 Å². The lowest BCUT2D eigenvalue weighted by molar-refractivity contribution is -2.00. The van der Waals surface area contributed by atoms with E-state index in [1.807, 2.05) is 16.8 Å². The van der Waals surface area contributed by atoms with Gasteiger partial charge < -0.3 is 10.5 Å². The second-order valence-electron chi connectivity index (χ2n) is 6.57. The molecule has 0 aromatic carbocycles. The Labute approximate surface area is 169 Å². The van der Waals surface area contributed by atoms with Crippen molar-refractivity contribution in [1.29, 1.82) is 0 Å². The number of halogens is 1. The van der Waals surface area contributed by atoms with Crippen molar-refractivity contribution in [3.8, 4) is 0 Å². The van der Waals surface area contributed by atoms with Gasteiger partial charge in [-0.2, -0.15) is 4.57 Å². The minimum Gasteiger partial charge on any atom is -0.365 e. The number of hydrogen-bond acceptors (Lipinski definition) is 6. The fourth-order valence-corrected chi connectivity index (χ4v) is 2.61. The summed E-state index contributed by atoms with van der Waals surface area (Å²) in [5.41, 5.74) is 5.77. The third kappa shape index (κ3) is 19.5. The van der Waals surface area contributed by atoms with Gasteiger partial charge in [-0.15, -0.1) is 10.2 Å². The molecular weight excluding hydrogens is 388 g/mol. The zero-order valence-corrected chi connectivity index (χ0v) is 17.4. The van der Waals surface area contributed by atoms with Gasteiger partial charge in [-0.1, -0.05) is 64.7 Å². The van der Waals surface area contributed by atoms with E-state index in [1.54, 1.807) is 12.3 Å². The summed E-state index contributed by atoms with van der Waals surface area (Å²) in [6.07, 6.45) is 16.9. The molecule has 0 fully saturated rings. The number of ether oxygens (including phenoxy) is 1. The molecule has 1 rings (SSSR count). The maximum absolute atomic E-state index is 11.1. The van der Waals surface area contributed by atoms with Gasteiger partial charge in [0.15, 0.2) is 12.4 Å². The molecule has 0 aliphatic rings. The maximum Gasteiger partial charge on any atom is 0.254 e. The van der Waals surface area contributed by atoms with E-state index in [2.05, 4.69) is 6.92 Å². The summed E-state index contributed by atoms with van der Waals surface area (Å²) < 4.78 is 41.5. The van der Waals surface area contributed by atoms with Crippen molar-refractivity contribution in [1.82, 2.24) is 0 Å². The molecule has 0 atom stereocenters. The van der Waals surface area contributed by atoms with Crippen LogP contribution in [0.4, 0.5) is 0 Å². The van der Waals surface area contributed by atoms with Gasteiger partial charge in [0.25, 0.3) is 12.6 Å². The second kappa shape index (κ2) is 16.6. The van der Waals surface area contributed by atoms with Crippen LogP contribution < -0.4 is 28.9 Å². The minimum absolute atomic E-state index is 0.408. The quantitative estimate of drug-likeness (QED) is 0.308. The third-order valence-electron chi connectivity index (χ3n) is 4.03. The number of carbonyl (C=O) groups is 1. The van der Waals surface area contributed by atoms with E-state index in [1.165, 1.54) is 57.8 Å². The average molecular weight is 421 g/mol. The number of nitrogens with two attached hydrogens (primary N) is 1. The number of pyridine rings is 1. The van der Waals surface area contributed by atoms with E-state index in [0.717, 1.165) is 13.0 Å². The predicted octanol–water partition coefficient (Wildman–Crippen LogP) is -0.788. The van der Waals surface area contributed by atoms with Crippen LogP contribution in [0.25, 0.3) is 0 Å². The highest BCUT2D eigenvalue weighted by atomic mass is 35.7. The molecule has 0 radical (unpaired) electrons. The smallest absolute Gasteiger partial charge is 0.254 e. The number of hydrogen-bond donors (Lipinski definition) is 1. The zero-order chi connectivity index (χ0) is 21.3. The van der Waals surface area contributed by atoms with Crippen molar-refractivity contribution in [3.63, 3.8) is 0 Å². The minimum atomic E-state index is -4.94. The van der Waals surface area contributed by atoms with E-state index in [0.29, 0.717) is 12.3 Å². The molecule has 1 heterocycles. The molecule has 0 spiro atoms. The fraction of sp³-hybridized carbons (Fsp3) is 0.684. The molecule has 2 N–H and O–H groups in total. The number of aromatic nitrogens is 1. The van der Waals surface area contributed by atoms with Crippen LogP contribution in [-0.2, 0) is 11.5 Å². The largest absolute Gasteiger partial charge is 0.365 e. The molecule has 1 aromatic rings. The monoisotopic (exact) mass is 420 g/mol. The first-order chi connectivity index (χ1) is 13.2. The van der Waals surface area contributed by atoms with Crippen LogP contribution in [0.1, 0.15) is 81.5 Å². The Morgan fingerprint density at radius 3 is 2.00 bits per heavy atom. The molecule has 1 aromatic heterocycles. The highest BCUT2D eigenvalue weighted by molar-refractivity contribution is 5.92. The van der Waals surface area contributed by atoms with Crippen molar-refractivity contribution in [2.24, 2.45) is 5.73 Å². The van der Waals surface area contributed by atoms with Gasteiger partial charge in [-0.25, -0.2) is 18.6 Å². The van der Waals surface area contributed by atoms with Gasteiger partial charge in [-0.3, -0.25) is 4.79 Å². The van der Waals surface area contributed by atoms with Crippen molar-refractivity contribution in [3.05, 3.63) is 30.1 Å². The Balaban J connectivity index is 0.00000129. The number of unbranched alkanes of at least 4 members (excludes halogenated alkanes) is 9. The number of amides is 1. The summed E-state index contributed by atoms with van der Waals surface area (Å²) in [5.74, 6) is -0.408. The molecule has 8 nitrogen and oxygen atoms in total. The van der Waals surface area contributed by atoms with Crippen molar-refractivity contribution in [2.45, 2.75) is 77.9 Å². The SMILES string of the molecule is CCCCCCCCCCCCOC[n+]1cccc(C(N)=O)c1.[O-][Cl+3]([O-])([O-])[O-]. The van der Waals surface area contributed by atoms with Gasteiger partial charge in [0.2, 0.25) is 0 Å². The molecule has 0 saturated heterocycles. The summed E-state index contributed by atoms with van der Waals surface area (Å²) in [4.78, 5) is 11.1. The van der Waals surface area contributed by atoms with Crippen LogP contribution in [0.3, 0.4) is 0 Å². The van der Waals surface area contributed by atoms with Crippen LogP contribution in [-0.4, -0.2) is 12.5 Å². The van der Waals surface area contributed by atoms with Crippen LogP contribution in [0, 0.1) is 10.2 Å². The highest BCUT2D eigenvalue weighted by Gasteiger charge is 2.06. The Kier molecular flexibility index (Phi) is 15.9. The first-order valence-electron chi connectivity index (χ1n) is 9.72. The van der Waals surface area contributed by atoms with Crippen molar-refractivity contribution in [2.75, 3.05) is 6.61 Å². The van der Waals surface area contributed by atoms with E-state index in [9.17, 15) is 4.79 Å². The summed E-state index contributed by atoms with van der Waals surface area (Å²) >= 11 is 0. The summed E-state index contributed by atoms with van der Waals surface area (Å²) in [5, 5.41) is 0. The first-order valence-corrected chi connectivity index (χ1v) is 11.0. The summed E-state index contributed by atoms with van der Waals surface area (Å²) in [7, 11) is -4.94. The van der Waals surface area contributed by atoms with Crippen molar-refractivity contribution < 1.29 is 43.0 Å². The van der Waals surface area contributed by atoms with E-state index in [-0.39, 0.29) is 0 Å². The van der Waals surface area contributed by atoms with Gasteiger partial charge in [0.1, 0.15) is 5.56 Å². The normalized spacial score (nSPS) is 11.0. The standard InChI is InChI=1S/C19H32N2O2.ClHO4/c1-2-3-4-5-6-7-8-9-10-11-15-23-17-21-14-12-13-18(16-21)19(20)22;2-1(3,4)5/h12-14,16H,2-11,15,17H2,1H3,(H-,20,22);(H,2,3,4,5). The number of primary amides is 1. The highest BCUT2D eigenvalue weighted by Crippen LogP contribution is 2.10. The molecule has 1 amide bonds. The van der Waals surface area contributed by atoms with Crippen LogP contribution in [0.5, 0.6) is 0 Å². The van der Waals surface area contributed by atoms with E-state index >= 15 is 0 Å². The molecule has 0 aliphatic heterocycles. The molecule has 0 unspecified atom stereocenters. The molecule has 0 aliphatic carbocycles. The lowest BCUT2D eigenvalue weighted by Gasteiger charge is -2.17. The van der Waals surface area contributed by atoms with E-state index in [4.69, 9.17) is 29.1 Å². The lowest BCUT2D eigenvalue weighted by atomic mass is 10.1. The molecule has 162 valence electrons. The van der Waals surface area contributed by atoms with Crippen LogP contribution >= 0.6 is 0 Å². The first kappa shape index (κ1) is 26.7. The van der Waals surface area contributed by atoms with Crippen LogP contribution in [0.15, 0.2) is 24.5 Å². The Hall–Kier alpha value is -1.29. The molecule has 9 heteroatoms. The Bertz CT molecular complexity index is 519. The number of nitrogens with zero attached hydrogens (tertiary/aromatic N) is 1. The topological polar surface area (TPSA) is 148 Å². The zero-order valence-electron chi connectivity index (χ0n) is 16.6. The van der Waals surface area contributed by atoms with Crippen LogP contribution in [0.2, 0.25) is 0 Å². The second-order valence-corrected chi connectivity index (χ2v) is 7.32. The summed E-state index contributed by atoms with van der Waals surface area (Å²) in [6.45, 7) is 3.50. The summed E-state index contributed by atoms with van der Waals surface area (Å²) in [6, 6.07) is 3.52. The molecule has 0 saturated carbocycles.